The van der Waals surface area contributed by atoms with E-state index >= 15 is 0 Å². The number of allylic oxidation sites excluding steroid dienone is 2. The second-order valence-electron chi connectivity index (χ2n) is 20.5. The zero-order valence-corrected chi connectivity index (χ0v) is 46.5. The molecule has 0 saturated heterocycles. The van der Waals surface area contributed by atoms with Gasteiger partial charge >= 0.3 is 23.9 Å². The van der Waals surface area contributed by atoms with Crippen molar-refractivity contribution in [2.45, 2.75) is 109 Å². The van der Waals surface area contributed by atoms with Crippen molar-refractivity contribution in [3.8, 4) is 0 Å². The molecule has 5 aromatic rings. The van der Waals surface area contributed by atoms with Crippen LogP contribution in [0.2, 0.25) is 13.1 Å². The van der Waals surface area contributed by atoms with Gasteiger partial charge in [-0.2, -0.15) is 0 Å². The van der Waals surface area contributed by atoms with Crippen LogP contribution in [0.15, 0.2) is 121 Å². The largest absolute Gasteiger partial charge is 0.481 e. The summed E-state index contributed by atoms with van der Waals surface area (Å²) < 4.78 is 1.54. The summed E-state index contributed by atoms with van der Waals surface area (Å²) in [4.78, 5) is 126. The maximum absolute atomic E-state index is 13.8. The predicted molar refractivity (Wildman–Crippen MR) is 302 cm³/mol. The molecule has 0 saturated carbocycles. The van der Waals surface area contributed by atoms with Crippen molar-refractivity contribution in [3.05, 3.63) is 155 Å². The van der Waals surface area contributed by atoms with E-state index < -0.39 is 142 Å². The first kappa shape index (κ1) is 61.6. The van der Waals surface area contributed by atoms with Gasteiger partial charge in [-0.3, -0.25) is 47.9 Å². The van der Waals surface area contributed by atoms with Gasteiger partial charge in [-0.1, -0.05) is 147 Å². The molecule has 11 N–H and O–H groups in total. The van der Waals surface area contributed by atoms with Crippen molar-refractivity contribution in [1.82, 2.24) is 41.6 Å². The summed E-state index contributed by atoms with van der Waals surface area (Å²) in [7, 11) is -2.43. The molecule has 4 aromatic carbocycles. The normalized spacial score (nSPS) is 14.6. The summed E-state index contributed by atoms with van der Waals surface area (Å²) in [6.45, 7) is 7.95. The van der Waals surface area contributed by atoms with Crippen LogP contribution in [-0.4, -0.2) is 133 Å². The first-order valence-electron chi connectivity index (χ1n) is 26.2. The molecule has 0 unspecified atom stereocenters. The Bertz CT molecular complexity index is 3260. The Balaban J connectivity index is 1.15. The van der Waals surface area contributed by atoms with Crippen LogP contribution < -0.4 is 32.3 Å². The Kier molecular flexibility index (Phi) is 21.1. The van der Waals surface area contributed by atoms with Gasteiger partial charge < -0.3 is 52.7 Å². The summed E-state index contributed by atoms with van der Waals surface area (Å²) in [6, 6.07) is 31.1. The molecule has 430 valence electrons. The highest BCUT2D eigenvalue weighted by atomic mass is 28.3. The SMILES string of the molecule is CC(C)[C@H](NC(=O)[C@H](CCC(=O)O)NC(=O)[C@H](CC(=O)O)NC(=O)CCC(=O)O)C(=O)N[C@@H](CC(=O)O)C(=O)N[C@@H](Cc1cn(Cc2ccc(C3=C(c4ccccc4)C(c4ccccc4)=C(c4ccccc4)[Si]3(C)C)cc2)nn1)C(N)=O. The minimum atomic E-state index is -2.43. The molecule has 1 aliphatic rings. The molecule has 6 rings (SSSR count). The number of benzene rings is 4. The van der Waals surface area contributed by atoms with Crippen LogP contribution >= 0.6 is 0 Å². The molecular formula is C58H65N9O14Si. The fourth-order valence-corrected chi connectivity index (χ4v) is 13.5. The first-order chi connectivity index (χ1) is 38.9. The third-order valence-corrected chi connectivity index (χ3v) is 17.1. The van der Waals surface area contributed by atoms with E-state index in [1.54, 1.807) is 10.9 Å². The number of aromatic nitrogens is 3. The number of carbonyl (C=O) groups is 10. The topological polar surface area (TPSA) is 368 Å². The second kappa shape index (κ2) is 28.0. The van der Waals surface area contributed by atoms with Crippen molar-refractivity contribution in [2.24, 2.45) is 11.7 Å². The van der Waals surface area contributed by atoms with Gasteiger partial charge in [0.25, 0.3) is 0 Å². The van der Waals surface area contributed by atoms with Crippen molar-refractivity contribution in [3.63, 3.8) is 0 Å². The lowest BCUT2D eigenvalue weighted by Gasteiger charge is -2.28. The smallest absolute Gasteiger partial charge is 0.305 e. The predicted octanol–water partition coefficient (Wildman–Crippen LogP) is 3.44. The highest BCUT2D eigenvalue weighted by molar-refractivity contribution is 7.13. The van der Waals surface area contributed by atoms with Crippen LogP contribution in [0.5, 0.6) is 0 Å². The van der Waals surface area contributed by atoms with E-state index in [-0.39, 0.29) is 18.7 Å². The van der Waals surface area contributed by atoms with Gasteiger partial charge in [0.2, 0.25) is 35.4 Å². The van der Waals surface area contributed by atoms with Crippen LogP contribution in [0, 0.1) is 5.92 Å². The Morgan fingerprint density at radius 3 is 1.45 bits per heavy atom. The van der Waals surface area contributed by atoms with Gasteiger partial charge in [-0.25, -0.2) is 4.68 Å². The third-order valence-electron chi connectivity index (χ3n) is 13.6. The molecule has 0 aliphatic carbocycles. The zero-order valence-electron chi connectivity index (χ0n) is 45.5. The number of carboxylic acid groups (broad SMARTS) is 4. The van der Waals surface area contributed by atoms with E-state index in [0.29, 0.717) is 0 Å². The Labute approximate surface area is 472 Å². The van der Waals surface area contributed by atoms with Crippen LogP contribution in [0.4, 0.5) is 0 Å². The van der Waals surface area contributed by atoms with Gasteiger partial charge in [-0.15, -0.1) is 5.10 Å². The number of nitrogens with zero attached hydrogens (tertiary/aromatic N) is 3. The number of amides is 6. The van der Waals surface area contributed by atoms with E-state index in [9.17, 15) is 63.3 Å². The number of rotatable bonds is 29. The van der Waals surface area contributed by atoms with Crippen molar-refractivity contribution in [1.29, 1.82) is 0 Å². The van der Waals surface area contributed by atoms with Crippen LogP contribution in [0.1, 0.15) is 85.9 Å². The van der Waals surface area contributed by atoms with Crippen molar-refractivity contribution in [2.75, 3.05) is 0 Å². The molecule has 1 aromatic heterocycles. The lowest BCUT2D eigenvalue weighted by Crippen LogP contribution is -2.60. The molecule has 24 heteroatoms. The van der Waals surface area contributed by atoms with Crippen LogP contribution in [-0.2, 0) is 60.9 Å². The van der Waals surface area contributed by atoms with E-state index in [2.05, 4.69) is 123 Å². The number of aliphatic carboxylic acids is 4. The molecule has 23 nitrogen and oxygen atoms in total. The highest BCUT2D eigenvalue weighted by Crippen LogP contribution is 2.55. The van der Waals surface area contributed by atoms with Crippen LogP contribution in [0.25, 0.3) is 21.5 Å². The van der Waals surface area contributed by atoms with E-state index in [4.69, 9.17) is 10.8 Å². The van der Waals surface area contributed by atoms with E-state index in [1.165, 1.54) is 40.9 Å². The average molecular weight is 1140 g/mol. The Hall–Kier alpha value is -9.58. The van der Waals surface area contributed by atoms with E-state index in [1.807, 2.05) is 42.5 Å². The molecule has 82 heavy (non-hydrogen) atoms. The van der Waals surface area contributed by atoms with Gasteiger partial charge in [0.1, 0.15) is 38.3 Å². The highest BCUT2D eigenvalue weighted by Gasteiger charge is 2.44. The molecule has 2 heterocycles. The fraction of sp³-hybridized carbons (Fsp3) is 0.310. The summed E-state index contributed by atoms with van der Waals surface area (Å²) in [5.74, 6) is -13.4. The van der Waals surface area contributed by atoms with Gasteiger partial charge in [0.05, 0.1) is 31.5 Å². The van der Waals surface area contributed by atoms with Gasteiger partial charge in [-0.05, 0) is 61.7 Å². The quantitative estimate of drug-likeness (QED) is 0.0307. The maximum atomic E-state index is 13.8. The number of nitrogens with one attached hydrogen (secondary N) is 5. The monoisotopic (exact) mass is 1140 g/mol. The Morgan fingerprint density at radius 1 is 0.524 bits per heavy atom. The molecule has 5 atom stereocenters. The fourth-order valence-electron chi connectivity index (χ4n) is 9.69. The lowest BCUT2D eigenvalue weighted by atomic mass is 9.89. The average Bonchev–Trinajstić information content (AvgIpc) is 1.92. The minimum Gasteiger partial charge on any atom is -0.481 e. The summed E-state index contributed by atoms with van der Waals surface area (Å²) >= 11 is 0. The molecule has 0 bridgehead atoms. The number of carboxylic acids is 4. The summed E-state index contributed by atoms with van der Waals surface area (Å²) in [5, 5.41) is 59.7. The summed E-state index contributed by atoms with van der Waals surface area (Å²) in [6.07, 6.45) is -3.37. The van der Waals surface area contributed by atoms with Crippen LogP contribution in [0.3, 0.4) is 0 Å². The van der Waals surface area contributed by atoms with Gasteiger partial charge in [0.15, 0.2) is 0 Å². The molecule has 0 spiro atoms. The first-order valence-corrected chi connectivity index (χ1v) is 29.2. The molecule has 6 amide bonds. The standard InChI is InChI=1S/C58H65N9O14Si/c1-33(2)51(64-55(78)40(24-26-45(69)70)61-56(79)42(29-47(73)74)60-44(68)25-27-46(71)72)58(81)63-43(30-48(75)76)57(80)62-41(54(59)77)28-39-32-67(66-65-39)31-34-20-22-38(23-21-34)53-50(36-16-10-6-11-17-36)49(35-14-8-5-9-15-35)52(82(53,3)4)37-18-12-7-13-19-37/h5-23,32-33,40-43,51H,24-31H2,1-4H3,(H2,59,77)(H,60,68)(H,61,79)(H,62,80)(H,63,81)(H,64,78)(H,69,70)(H,71,72)(H,73,74)(H,75,76)/t40-,41-,42-,43-,51-/m0/s1. The number of hydrogen-bond acceptors (Lipinski definition) is 12. The van der Waals surface area contributed by atoms with Crippen molar-refractivity contribution >= 4 is 88.9 Å². The van der Waals surface area contributed by atoms with Gasteiger partial charge in [0, 0.05) is 25.5 Å². The number of primary amides is 1. The molecule has 0 fully saturated rings. The lowest BCUT2D eigenvalue weighted by molar-refractivity contribution is -0.143. The Morgan fingerprint density at radius 2 is 0.976 bits per heavy atom. The maximum Gasteiger partial charge on any atom is 0.305 e. The summed E-state index contributed by atoms with van der Waals surface area (Å²) in [5.41, 5.74) is 13.7. The molecule has 1 aliphatic heterocycles. The third kappa shape index (κ3) is 16.5. The van der Waals surface area contributed by atoms with E-state index in [0.717, 1.165) is 22.3 Å². The zero-order chi connectivity index (χ0) is 59.8. The minimum absolute atomic E-state index is 0.228. The molecular weight excluding hydrogens is 1070 g/mol. The number of carbonyl (C=O) groups excluding carboxylic acids is 6. The molecule has 0 radical (unpaired) electrons. The second-order valence-corrected chi connectivity index (χ2v) is 24.7. The number of nitrogens with two attached hydrogens (primary N) is 1. The number of hydrogen-bond donors (Lipinski definition) is 10. The van der Waals surface area contributed by atoms with Crippen molar-refractivity contribution < 1.29 is 68.4 Å².